The summed E-state index contributed by atoms with van der Waals surface area (Å²) >= 11 is 0. The third-order valence-corrected chi connectivity index (χ3v) is 2.93. The van der Waals surface area contributed by atoms with Crippen LogP contribution in [0.5, 0.6) is 0 Å². The van der Waals surface area contributed by atoms with Gasteiger partial charge in [0, 0.05) is 6.42 Å². The number of quaternary nitrogens is 1. The molecule has 1 saturated heterocycles. The molecule has 1 N–H and O–H groups in total. The van der Waals surface area contributed by atoms with E-state index < -0.39 is 0 Å². The highest BCUT2D eigenvalue weighted by Gasteiger charge is 2.35. The standard InChI is InChI=1S/C11H20NO/c1-3-8-12(9-4-2)10-6-5-7-11(12)13/h3-4,11,13H,1-2,5-10H2/q+1. The molecule has 1 rings (SSSR count). The summed E-state index contributed by atoms with van der Waals surface area (Å²) in [5, 5.41) is 9.96. The maximum absolute atomic E-state index is 9.96. The van der Waals surface area contributed by atoms with E-state index in [1.165, 1.54) is 6.42 Å². The smallest absolute Gasteiger partial charge is 0.190 e. The molecule has 2 heteroatoms. The van der Waals surface area contributed by atoms with Crippen LogP contribution >= 0.6 is 0 Å². The lowest BCUT2D eigenvalue weighted by Crippen LogP contribution is -2.58. The van der Waals surface area contributed by atoms with Gasteiger partial charge in [0.1, 0.15) is 0 Å². The van der Waals surface area contributed by atoms with Crippen molar-refractivity contribution in [3.05, 3.63) is 25.3 Å². The van der Waals surface area contributed by atoms with E-state index in [-0.39, 0.29) is 6.23 Å². The summed E-state index contributed by atoms with van der Waals surface area (Å²) in [5.74, 6) is 0. The summed E-state index contributed by atoms with van der Waals surface area (Å²) in [4.78, 5) is 0. The Labute approximate surface area is 80.8 Å². The van der Waals surface area contributed by atoms with E-state index in [2.05, 4.69) is 13.2 Å². The molecule has 0 aromatic carbocycles. The fourth-order valence-electron chi connectivity index (χ4n) is 2.19. The van der Waals surface area contributed by atoms with Crippen LogP contribution in [-0.4, -0.2) is 35.5 Å². The molecule has 1 heterocycles. The predicted octanol–water partition coefficient (Wildman–Crippen LogP) is 1.68. The molecule has 1 aliphatic rings. The summed E-state index contributed by atoms with van der Waals surface area (Å²) in [6.07, 6.45) is 6.86. The fourth-order valence-corrected chi connectivity index (χ4v) is 2.19. The first-order valence-corrected chi connectivity index (χ1v) is 5.01. The Bertz CT molecular complexity index is 179. The normalized spacial score (nSPS) is 26.7. The van der Waals surface area contributed by atoms with E-state index in [0.29, 0.717) is 0 Å². The Kier molecular flexibility index (Phi) is 3.70. The average molecular weight is 182 g/mol. The van der Waals surface area contributed by atoms with Crippen molar-refractivity contribution in [2.24, 2.45) is 0 Å². The molecular formula is C11H20NO+. The molecule has 0 aliphatic carbocycles. The van der Waals surface area contributed by atoms with Crippen LogP contribution < -0.4 is 0 Å². The van der Waals surface area contributed by atoms with Crippen molar-refractivity contribution in [1.82, 2.24) is 0 Å². The number of aliphatic hydroxyl groups is 1. The summed E-state index contributed by atoms with van der Waals surface area (Å²) in [5.41, 5.74) is 0. The summed E-state index contributed by atoms with van der Waals surface area (Å²) in [7, 11) is 0. The maximum atomic E-state index is 9.96. The largest absolute Gasteiger partial charge is 0.345 e. The number of rotatable bonds is 4. The monoisotopic (exact) mass is 182 g/mol. The van der Waals surface area contributed by atoms with Gasteiger partial charge in [-0.2, -0.15) is 0 Å². The van der Waals surface area contributed by atoms with Crippen molar-refractivity contribution in [2.45, 2.75) is 25.5 Å². The molecule has 13 heavy (non-hydrogen) atoms. The second kappa shape index (κ2) is 4.58. The zero-order chi connectivity index (χ0) is 9.73. The molecule has 0 aromatic rings. The van der Waals surface area contributed by atoms with E-state index in [0.717, 1.165) is 37.0 Å². The van der Waals surface area contributed by atoms with Crippen LogP contribution in [0.1, 0.15) is 19.3 Å². The highest BCUT2D eigenvalue weighted by Crippen LogP contribution is 2.24. The molecule has 0 spiro atoms. The first kappa shape index (κ1) is 10.5. The Balaban J connectivity index is 2.71. The van der Waals surface area contributed by atoms with Gasteiger partial charge in [-0.05, 0) is 25.0 Å². The molecule has 1 aliphatic heterocycles. The van der Waals surface area contributed by atoms with Crippen LogP contribution in [0.25, 0.3) is 0 Å². The van der Waals surface area contributed by atoms with Crippen LogP contribution in [-0.2, 0) is 0 Å². The minimum atomic E-state index is -0.218. The highest BCUT2D eigenvalue weighted by atomic mass is 16.3. The maximum Gasteiger partial charge on any atom is 0.190 e. The predicted molar refractivity (Wildman–Crippen MR) is 55.1 cm³/mol. The van der Waals surface area contributed by atoms with Gasteiger partial charge < -0.3 is 5.11 Å². The van der Waals surface area contributed by atoms with Gasteiger partial charge in [0.25, 0.3) is 0 Å². The average Bonchev–Trinajstić information content (AvgIpc) is 2.11. The number of piperidine rings is 1. The van der Waals surface area contributed by atoms with Crippen LogP contribution in [0, 0.1) is 0 Å². The molecule has 2 nitrogen and oxygen atoms in total. The van der Waals surface area contributed by atoms with E-state index in [1.807, 2.05) is 12.2 Å². The minimum absolute atomic E-state index is 0.218. The molecular weight excluding hydrogens is 162 g/mol. The number of likely N-dealkylation sites (tertiary alicyclic amines) is 1. The van der Waals surface area contributed by atoms with Crippen LogP contribution in [0.4, 0.5) is 0 Å². The minimum Gasteiger partial charge on any atom is -0.345 e. The number of hydrogen-bond donors (Lipinski definition) is 1. The molecule has 1 fully saturated rings. The van der Waals surface area contributed by atoms with Gasteiger partial charge in [-0.15, -0.1) is 0 Å². The summed E-state index contributed by atoms with van der Waals surface area (Å²) < 4.78 is 0.743. The van der Waals surface area contributed by atoms with Crippen molar-refractivity contribution in [3.8, 4) is 0 Å². The van der Waals surface area contributed by atoms with Crippen molar-refractivity contribution in [2.75, 3.05) is 19.6 Å². The fraction of sp³-hybridized carbons (Fsp3) is 0.636. The van der Waals surface area contributed by atoms with Gasteiger partial charge >= 0.3 is 0 Å². The first-order chi connectivity index (χ1) is 6.25. The highest BCUT2D eigenvalue weighted by molar-refractivity contribution is 4.74. The third-order valence-electron chi connectivity index (χ3n) is 2.93. The van der Waals surface area contributed by atoms with Crippen LogP contribution in [0.3, 0.4) is 0 Å². The first-order valence-electron chi connectivity index (χ1n) is 5.01. The quantitative estimate of drug-likeness (QED) is 0.518. The van der Waals surface area contributed by atoms with Gasteiger partial charge in [-0.25, -0.2) is 0 Å². The van der Waals surface area contributed by atoms with Gasteiger partial charge in [0.05, 0.1) is 19.6 Å². The molecule has 1 atom stereocenters. The Morgan fingerprint density at radius 2 is 1.85 bits per heavy atom. The topological polar surface area (TPSA) is 20.2 Å². The van der Waals surface area contributed by atoms with Crippen LogP contribution in [0.2, 0.25) is 0 Å². The Hall–Kier alpha value is -0.600. The lowest BCUT2D eigenvalue weighted by Gasteiger charge is -2.43. The molecule has 0 aromatic heterocycles. The molecule has 0 saturated carbocycles. The van der Waals surface area contributed by atoms with E-state index in [1.54, 1.807) is 0 Å². The van der Waals surface area contributed by atoms with Crippen molar-refractivity contribution in [1.29, 1.82) is 0 Å². The second-order valence-electron chi connectivity index (χ2n) is 3.86. The van der Waals surface area contributed by atoms with Gasteiger partial charge in [-0.1, -0.05) is 13.2 Å². The van der Waals surface area contributed by atoms with Crippen LogP contribution in [0.15, 0.2) is 25.3 Å². The lowest BCUT2D eigenvalue weighted by molar-refractivity contribution is -0.966. The SMILES string of the molecule is C=CC[N+]1(CC=C)CCCCC1O. The summed E-state index contributed by atoms with van der Waals surface area (Å²) in [6.45, 7) is 10.3. The lowest BCUT2D eigenvalue weighted by atomic mass is 10.1. The van der Waals surface area contributed by atoms with Crippen molar-refractivity contribution < 1.29 is 9.59 Å². The van der Waals surface area contributed by atoms with Gasteiger partial charge in [-0.3, -0.25) is 4.48 Å². The third kappa shape index (κ3) is 2.20. The molecule has 0 bridgehead atoms. The van der Waals surface area contributed by atoms with Crippen molar-refractivity contribution in [3.63, 3.8) is 0 Å². The second-order valence-corrected chi connectivity index (χ2v) is 3.86. The van der Waals surface area contributed by atoms with Crippen molar-refractivity contribution >= 4 is 0 Å². The molecule has 0 amide bonds. The Morgan fingerprint density at radius 1 is 1.23 bits per heavy atom. The van der Waals surface area contributed by atoms with E-state index in [4.69, 9.17) is 0 Å². The number of aliphatic hydroxyl groups excluding tert-OH is 1. The molecule has 1 unspecified atom stereocenters. The summed E-state index contributed by atoms with van der Waals surface area (Å²) in [6, 6.07) is 0. The number of nitrogens with zero attached hydrogens (tertiary/aromatic N) is 1. The molecule has 0 radical (unpaired) electrons. The Morgan fingerprint density at radius 3 is 2.31 bits per heavy atom. The van der Waals surface area contributed by atoms with Gasteiger partial charge in [0.15, 0.2) is 6.23 Å². The van der Waals surface area contributed by atoms with E-state index >= 15 is 0 Å². The molecule has 74 valence electrons. The zero-order valence-corrected chi connectivity index (χ0v) is 8.28. The van der Waals surface area contributed by atoms with E-state index in [9.17, 15) is 5.11 Å². The zero-order valence-electron chi connectivity index (χ0n) is 8.28. The van der Waals surface area contributed by atoms with Gasteiger partial charge in [0.2, 0.25) is 0 Å². The number of hydrogen-bond acceptors (Lipinski definition) is 1.